The van der Waals surface area contributed by atoms with Gasteiger partial charge in [-0.05, 0) is 43.0 Å². The number of carbonyl (C=O) groups is 1. The van der Waals surface area contributed by atoms with Gasteiger partial charge in [-0.1, -0.05) is 24.6 Å². The molecule has 0 N–H and O–H groups in total. The van der Waals surface area contributed by atoms with Crippen LogP contribution in [0, 0.1) is 5.92 Å². The quantitative estimate of drug-likeness (QED) is 0.686. The van der Waals surface area contributed by atoms with Crippen molar-refractivity contribution in [3.8, 4) is 0 Å². The molecule has 1 amide bonds. The lowest BCUT2D eigenvalue weighted by Gasteiger charge is -2.35. The van der Waals surface area contributed by atoms with Crippen molar-refractivity contribution in [3.63, 3.8) is 0 Å². The summed E-state index contributed by atoms with van der Waals surface area (Å²) in [6.07, 6.45) is 2.00. The van der Waals surface area contributed by atoms with E-state index in [1.54, 1.807) is 11.4 Å². The summed E-state index contributed by atoms with van der Waals surface area (Å²) in [4.78, 5) is 16.7. The van der Waals surface area contributed by atoms with Crippen LogP contribution in [0.5, 0.6) is 0 Å². The predicted molar refractivity (Wildman–Crippen MR) is 121 cm³/mol. The van der Waals surface area contributed by atoms with E-state index in [4.69, 9.17) is 11.6 Å². The summed E-state index contributed by atoms with van der Waals surface area (Å²) in [6, 6.07) is 9.14. The number of sulfonamides is 1. The molecule has 1 aromatic carbocycles. The summed E-state index contributed by atoms with van der Waals surface area (Å²) in [5.41, 5.74) is 1.48. The molecule has 2 fully saturated rings. The highest BCUT2D eigenvalue weighted by Gasteiger charge is 2.31. The highest BCUT2D eigenvalue weighted by atomic mass is 35.5. The average Bonchev–Trinajstić information content (AvgIpc) is 3.25. The van der Waals surface area contributed by atoms with Crippen LogP contribution in [0.25, 0.3) is 0 Å². The molecule has 0 bridgehead atoms. The third-order valence-electron chi connectivity index (χ3n) is 5.90. The standard InChI is InChI=1S/C21H26ClN3O3S2/c1-16-5-7-24(8-6-16)21(26)17-13-20(29-15-17)30(27,28)25-11-9-23(10-12-25)19-4-2-3-18(22)14-19/h2-4,13-16H,5-12H2,1H3. The molecular weight excluding hydrogens is 442 g/mol. The first-order chi connectivity index (χ1) is 14.3. The van der Waals surface area contributed by atoms with Crippen molar-refractivity contribution in [3.05, 3.63) is 46.3 Å². The number of hydrogen-bond donors (Lipinski definition) is 0. The van der Waals surface area contributed by atoms with E-state index in [0.717, 1.165) is 43.0 Å². The molecule has 2 aliphatic rings. The van der Waals surface area contributed by atoms with Gasteiger partial charge < -0.3 is 9.80 Å². The maximum Gasteiger partial charge on any atom is 0.254 e. The van der Waals surface area contributed by atoms with E-state index in [9.17, 15) is 13.2 Å². The largest absolute Gasteiger partial charge is 0.369 e. The fourth-order valence-electron chi connectivity index (χ4n) is 3.94. The molecule has 1 aromatic heterocycles. The van der Waals surface area contributed by atoms with Crippen molar-refractivity contribution in [2.24, 2.45) is 5.92 Å². The SMILES string of the molecule is CC1CCN(C(=O)c2csc(S(=O)(=O)N3CCN(c4cccc(Cl)c4)CC3)c2)CC1. The van der Waals surface area contributed by atoms with Crippen molar-refractivity contribution >= 4 is 44.6 Å². The number of halogens is 1. The van der Waals surface area contributed by atoms with Crippen LogP contribution < -0.4 is 4.90 Å². The van der Waals surface area contributed by atoms with Crippen LogP contribution in [0.2, 0.25) is 5.02 Å². The van der Waals surface area contributed by atoms with Gasteiger partial charge in [-0.2, -0.15) is 4.31 Å². The lowest BCUT2D eigenvalue weighted by atomic mass is 9.99. The molecule has 0 spiro atoms. The Morgan fingerprint density at radius 3 is 2.43 bits per heavy atom. The average molecular weight is 468 g/mol. The normalized spacial score (nSPS) is 19.3. The summed E-state index contributed by atoms with van der Waals surface area (Å²) in [5, 5.41) is 2.34. The third kappa shape index (κ3) is 4.51. The fourth-order valence-corrected chi connectivity index (χ4v) is 6.86. The van der Waals surface area contributed by atoms with Crippen molar-refractivity contribution in [1.82, 2.24) is 9.21 Å². The van der Waals surface area contributed by atoms with Gasteiger partial charge in [0, 0.05) is 55.4 Å². The number of piperidine rings is 1. The number of thiophene rings is 1. The van der Waals surface area contributed by atoms with Gasteiger partial charge in [-0.15, -0.1) is 11.3 Å². The number of hydrogen-bond acceptors (Lipinski definition) is 5. The first-order valence-electron chi connectivity index (χ1n) is 10.2. The molecule has 2 aromatic rings. The first-order valence-corrected chi connectivity index (χ1v) is 12.9. The monoisotopic (exact) mass is 467 g/mol. The van der Waals surface area contributed by atoms with Gasteiger partial charge in [-0.3, -0.25) is 4.79 Å². The summed E-state index contributed by atoms with van der Waals surface area (Å²) in [5.74, 6) is 0.573. The van der Waals surface area contributed by atoms with Gasteiger partial charge in [0.05, 0.1) is 5.56 Å². The topological polar surface area (TPSA) is 60.9 Å². The Hall–Kier alpha value is -1.61. The molecule has 30 heavy (non-hydrogen) atoms. The van der Waals surface area contributed by atoms with E-state index >= 15 is 0 Å². The molecular formula is C21H26ClN3O3S2. The van der Waals surface area contributed by atoms with Gasteiger partial charge in [0.25, 0.3) is 15.9 Å². The number of anilines is 1. The minimum Gasteiger partial charge on any atom is -0.369 e. The molecule has 162 valence electrons. The Kier molecular flexibility index (Phi) is 6.39. The highest BCUT2D eigenvalue weighted by Crippen LogP contribution is 2.28. The van der Waals surface area contributed by atoms with Gasteiger partial charge in [-0.25, -0.2) is 8.42 Å². The smallest absolute Gasteiger partial charge is 0.254 e. The minimum absolute atomic E-state index is 0.0645. The number of piperazine rings is 1. The second kappa shape index (κ2) is 8.86. The molecule has 0 radical (unpaired) electrons. The van der Waals surface area contributed by atoms with Crippen molar-refractivity contribution < 1.29 is 13.2 Å². The second-order valence-electron chi connectivity index (χ2n) is 8.00. The van der Waals surface area contributed by atoms with Crippen LogP contribution in [-0.2, 0) is 10.0 Å². The van der Waals surface area contributed by atoms with Gasteiger partial charge in [0.2, 0.25) is 0 Å². The van der Waals surface area contributed by atoms with E-state index in [1.807, 2.05) is 29.2 Å². The zero-order valence-electron chi connectivity index (χ0n) is 17.0. The van der Waals surface area contributed by atoms with Crippen LogP contribution in [0.4, 0.5) is 5.69 Å². The van der Waals surface area contributed by atoms with E-state index < -0.39 is 10.0 Å². The second-order valence-corrected chi connectivity index (χ2v) is 11.5. The number of amides is 1. The lowest BCUT2D eigenvalue weighted by Crippen LogP contribution is -2.48. The molecule has 6 nitrogen and oxygen atoms in total. The summed E-state index contributed by atoms with van der Waals surface area (Å²) in [7, 11) is -3.60. The Morgan fingerprint density at radius 2 is 1.77 bits per heavy atom. The first kappa shape index (κ1) is 21.6. The summed E-state index contributed by atoms with van der Waals surface area (Å²) in [6.45, 7) is 5.68. The maximum absolute atomic E-state index is 13.1. The predicted octanol–water partition coefficient (Wildman–Crippen LogP) is 3.78. The van der Waals surface area contributed by atoms with Crippen LogP contribution in [0.15, 0.2) is 39.9 Å². The molecule has 2 saturated heterocycles. The number of nitrogens with zero attached hydrogens (tertiary/aromatic N) is 3. The lowest BCUT2D eigenvalue weighted by molar-refractivity contribution is 0.0697. The summed E-state index contributed by atoms with van der Waals surface area (Å²) >= 11 is 7.21. The number of benzene rings is 1. The molecule has 4 rings (SSSR count). The number of rotatable bonds is 4. The Labute approximate surface area is 187 Å². The molecule has 0 aliphatic carbocycles. The Balaban J connectivity index is 1.41. The van der Waals surface area contributed by atoms with E-state index in [0.29, 0.717) is 42.7 Å². The van der Waals surface area contributed by atoms with Crippen LogP contribution in [0.3, 0.4) is 0 Å². The van der Waals surface area contributed by atoms with Crippen molar-refractivity contribution in [2.75, 3.05) is 44.2 Å². The van der Waals surface area contributed by atoms with Gasteiger partial charge in [0.15, 0.2) is 0 Å². The van der Waals surface area contributed by atoms with Crippen LogP contribution in [0.1, 0.15) is 30.1 Å². The molecule has 0 saturated carbocycles. The molecule has 3 heterocycles. The minimum atomic E-state index is -3.60. The fraction of sp³-hybridized carbons (Fsp3) is 0.476. The molecule has 9 heteroatoms. The van der Waals surface area contributed by atoms with Gasteiger partial charge in [0.1, 0.15) is 4.21 Å². The number of likely N-dealkylation sites (tertiary alicyclic amines) is 1. The molecule has 2 aliphatic heterocycles. The van der Waals surface area contributed by atoms with Crippen LogP contribution in [-0.4, -0.2) is 62.8 Å². The van der Waals surface area contributed by atoms with Crippen LogP contribution >= 0.6 is 22.9 Å². The summed E-state index contributed by atoms with van der Waals surface area (Å²) < 4.78 is 28.0. The zero-order valence-corrected chi connectivity index (χ0v) is 19.3. The Morgan fingerprint density at radius 1 is 1.07 bits per heavy atom. The third-order valence-corrected chi connectivity index (χ3v) is 9.45. The van der Waals surface area contributed by atoms with E-state index in [2.05, 4.69) is 11.8 Å². The van der Waals surface area contributed by atoms with Crippen molar-refractivity contribution in [2.45, 2.75) is 24.0 Å². The molecule has 0 unspecified atom stereocenters. The van der Waals surface area contributed by atoms with Gasteiger partial charge >= 0.3 is 0 Å². The zero-order chi connectivity index (χ0) is 21.3. The number of carbonyl (C=O) groups excluding carboxylic acids is 1. The Bertz CT molecular complexity index is 1010. The van der Waals surface area contributed by atoms with E-state index in [-0.39, 0.29) is 10.1 Å². The molecule has 0 atom stereocenters. The highest BCUT2D eigenvalue weighted by molar-refractivity contribution is 7.91. The van der Waals surface area contributed by atoms with Crippen molar-refractivity contribution in [1.29, 1.82) is 0 Å². The maximum atomic E-state index is 13.1. The van der Waals surface area contributed by atoms with E-state index in [1.165, 1.54) is 4.31 Å².